The summed E-state index contributed by atoms with van der Waals surface area (Å²) in [5.74, 6) is 1.17. The highest BCUT2D eigenvalue weighted by Gasteiger charge is 2.14. The first-order valence-corrected chi connectivity index (χ1v) is 10.7. The topological polar surface area (TPSA) is 54.5 Å². The van der Waals surface area contributed by atoms with Gasteiger partial charge in [-0.2, -0.15) is 0 Å². The van der Waals surface area contributed by atoms with E-state index in [1.54, 1.807) is 41.8 Å². The van der Waals surface area contributed by atoms with Crippen molar-refractivity contribution in [3.05, 3.63) is 83.9 Å². The number of benzene rings is 2. The number of halogens is 1. The Morgan fingerprint density at radius 1 is 1.10 bits per heavy atom. The third kappa shape index (κ3) is 4.76. The second-order valence-electron chi connectivity index (χ2n) is 6.34. The van der Waals surface area contributed by atoms with Gasteiger partial charge >= 0.3 is 0 Å². The molecule has 2 aromatic carbocycles. The Labute approximate surface area is 188 Å². The van der Waals surface area contributed by atoms with Crippen molar-refractivity contribution < 1.29 is 9.53 Å². The summed E-state index contributed by atoms with van der Waals surface area (Å²) in [7, 11) is 0. The van der Waals surface area contributed by atoms with Crippen LogP contribution in [0.5, 0.6) is 11.5 Å². The van der Waals surface area contributed by atoms with Crippen molar-refractivity contribution in [3.63, 3.8) is 0 Å². The largest absolute Gasteiger partial charge is 0.456 e. The number of rotatable bonds is 5. The van der Waals surface area contributed by atoms with E-state index in [9.17, 15) is 4.79 Å². The van der Waals surface area contributed by atoms with Gasteiger partial charge < -0.3 is 10.1 Å². The van der Waals surface area contributed by atoms with Gasteiger partial charge in [-0.15, -0.1) is 11.3 Å². The van der Waals surface area contributed by atoms with Gasteiger partial charge in [0.1, 0.15) is 11.5 Å². The molecule has 0 saturated carbocycles. The van der Waals surface area contributed by atoms with Gasteiger partial charge in [0, 0.05) is 24.0 Å². The quantitative estimate of drug-likeness (QED) is 0.310. The predicted octanol–water partition coefficient (Wildman–Crippen LogP) is 5.69. The normalized spacial score (nSPS) is 10.6. The number of aromatic nitrogens is 1. The van der Waals surface area contributed by atoms with Crippen LogP contribution in [0.1, 0.15) is 5.56 Å². The molecule has 0 aliphatic heterocycles. The van der Waals surface area contributed by atoms with Crippen molar-refractivity contribution in [1.29, 1.82) is 0 Å². The van der Waals surface area contributed by atoms with Gasteiger partial charge in [-0.1, -0.05) is 30.3 Å². The van der Waals surface area contributed by atoms with Crippen LogP contribution in [0.4, 0.5) is 5.69 Å². The number of ether oxygens (including phenoxy) is 1. The SMILES string of the molecule is O=C(Cc1ccccc1)NC(=S)N(Cl)c1ccc(Oc2ccnc3ccsc23)cc1. The highest BCUT2D eigenvalue weighted by Crippen LogP contribution is 2.33. The molecule has 150 valence electrons. The van der Waals surface area contributed by atoms with Crippen LogP contribution in [-0.2, 0) is 11.2 Å². The standard InChI is InChI=1S/C22H16ClN3O2S2/c23-26(22(29)25-20(27)14-15-4-2-1-3-5-15)16-6-8-17(9-7-16)28-19-10-12-24-18-11-13-30-21(18)19/h1-13H,14H2,(H,25,27,29). The third-order valence-corrected chi connectivity index (χ3v) is 5.90. The number of hydrogen-bond donors (Lipinski definition) is 1. The van der Waals surface area contributed by atoms with Crippen molar-refractivity contribution in [2.75, 3.05) is 4.42 Å². The van der Waals surface area contributed by atoms with Crippen molar-refractivity contribution in [2.24, 2.45) is 0 Å². The summed E-state index contributed by atoms with van der Waals surface area (Å²) in [6, 6.07) is 20.3. The number of nitrogens with zero attached hydrogens (tertiary/aromatic N) is 2. The number of hydrogen-bond acceptors (Lipinski definition) is 5. The summed E-state index contributed by atoms with van der Waals surface area (Å²) in [5.41, 5.74) is 2.42. The van der Waals surface area contributed by atoms with E-state index in [4.69, 9.17) is 28.7 Å². The molecule has 2 aromatic heterocycles. The van der Waals surface area contributed by atoms with E-state index in [0.29, 0.717) is 11.4 Å². The Morgan fingerprint density at radius 3 is 2.63 bits per heavy atom. The highest BCUT2D eigenvalue weighted by atomic mass is 35.5. The average molecular weight is 454 g/mol. The van der Waals surface area contributed by atoms with Gasteiger partial charge in [0.2, 0.25) is 5.91 Å². The zero-order chi connectivity index (χ0) is 20.9. The molecule has 1 N–H and O–H groups in total. The van der Waals surface area contributed by atoms with E-state index in [2.05, 4.69) is 10.3 Å². The molecule has 0 bridgehead atoms. The zero-order valence-electron chi connectivity index (χ0n) is 15.6. The molecule has 5 nitrogen and oxygen atoms in total. The maximum absolute atomic E-state index is 12.2. The minimum Gasteiger partial charge on any atom is -0.456 e. The maximum Gasteiger partial charge on any atom is 0.230 e. The molecule has 0 fully saturated rings. The number of carbonyl (C=O) groups is 1. The number of amides is 1. The smallest absolute Gasteiger partial charge is 0.230 e. The van der Waals surface area contributed by atoms with E-state index in [1.807, 2.05) is 47.8 Å². The number of carbonyl (C=O) groups excluding carboxylic acids is 1. The zero-order valence-corrected chi connectivity index (χ0v) is 18.0. The number of anilines is 1. The molecular weight excluding hydrogens is 438 g/mol. The van der Waals surface area contributed by atoms with E-state index in [1.165, 1.54) is 4.42 Å². The molecule has 1 amide bonds. The van der Waals surface area contributed by atoms with E-state index in [-0.39, 0.29) is 17.4 Å². The van der Waals surface area contributed by atoms with Crippen molar-refractivity contribution in [3.8, 4) is 11.5 Å². The number of thiophene rings is 1. The fourth-order valence-corrected chi connectivity index (χ4v) is 3.99. The van der Waals surface area contributed by atoms with Crippen LogP contribution < -0.4 is 14.5 Å². The third-order valence-electron chi connectivity index (χ3n) is 4.23. The lowest BCUT2D eigenvalue weighted by molar-refractivity contribution is -0.119. The fourth-order valence-electron chi connectivity index (χ4n) is 2.81. The molecule has 0 radical (unpaired) electrons. The van der Waals surface area contributed by atoms with Crippen LogP contribution in [0.3, 0.4) is 0 Å². The molecule has 0 unspecified atom stereocenters. The lowest BCUT2D eigenvalue weighted by atomic mass is 10.1. The minimum absolute atomic E-state index is 0.112. The van der Waals surface area contributed by atoms with Gasteiger partial charge in [0.05, 0.1) is 22.3 Å². The second kappa shape index (κ2) is 9.21. The first-order chi connectivity index (χ1) is 14.6. The number of pyridine rings is 1. The minimum atomic E-state index is -0.227. The Kier molecular flexibility index (Phi) is 6.23. The molecule has 4 aromatic rings. The van der Waals surface area contributed by atoms with Crippen molar-refractivity contribution in [1.82, 2.24) is 10.3 Å². The lowest BCUT2D eigenvalue weighted by Gasteiger charge is -2.17. The molecule has 0 atom stereocenters. The molecule has 0 spiro atoms. The Morgan fingerprint density at radius 2 is 1.87 bits per heavy atom. The summed E-state index contributed by atoms with van der Waals surface area (Å²) in [4.78, 5) is 16.5. The Hall–Kier alpha value is -3.00. The van der Waals surface area contributed by atoms with Crippen LogP contribution in [0, 0.1) is 0 Å². The Balaban J connectivity index is 1.38. The summed E-state index contributed by atoms with van der Waals surface area (Å²) >= 11 is 13.1. The van der Waals surface area contributed by atoms with E-state index >= 15 is 0 Å². The van der Waals surface area contributed by atoms with Crippen LogP contribution in [0.2, 0.25) is 0 Å². The molecule has 8 heteroatoms. The molecule has 0 aliphatic carbocycles. The second-order valence-corrected chi connectivity index (χ2v) is 7.98. The average Bonchev–Trinajstić information content (AvgIpc) is 3.24. The fraction of sp³-hybridized carbons (Fsp3) is 0.0455. The summed E-state index contributed by atoms with van der Waals surface area (Å²) in [6.45, 7) is 0. The van der Waals surface area contributed by atoms with Gasteiger partial charge in [-0.05, 0) is 53.5 Å². The monoisotopic (exact) mass is 453 g/mol. The van der Waals surface area contributed by atoms with E-state index < -0.39 is 0 Å². The van der Waals surface area contributed by atoms with Crippen LogP contribution in [0.15, 0.2) is 78.3 Å². The van der Waals surface area contributed by atoms with Gasteiger partial charge in [0.25, 0.3) is 0 Å². The molecule has 2 heterocycles. The summed E-state index contributed by atoms with van der Waals surface area (Å²) < 4.78 is 8.20. The van der Waals surface area contributed by atoms with E-state index in [0.717, 1.165) is 21.5 Å². The van der Waals surface area contributed by atoms with Gasteiger partial charge in [-0.25, -0.2) is 4.42 Å². The molecular formula is C22H16ClN3O2S2. The molecule has 30 heavy (non-hydrogen) atoms. The number of nitrogens with one attached hydrogen (secondary N) is 1. The number of thiocarbonyl (C=S) groups is 1. The van der Waals surface area contributed by atoms with Crippen LogP contribution in [0.25, 0.3) is 10.2 Å². The summed E-state index contributed by atoms with van der Waals surface area (Å²) in [6.07, 6.45) is 1.94. The molecule has 0 aliphatic rings. The molecule has 0 saturated heterocycles. The first-order valence-electron chi connectivity index (χ1n) is 9.04. The van der Waals surface area contributed by atoms with Crippen molar-refractivity contribution >= 4 is 62.3 Å². The van der Waals surface area contributed by atoms with Crippen LogP contribution in [-0.4, -0.2) is 16.0 Å². The summed E-state index contributed by atoms with van der Waals surface area (Å²) in [5, 5.41) is 4.74. The lowest BCUT2D eigenvalue weighted by Crippen LogP contribution is -2.38. The first kappa shape index (κ1) is 20.3. The van der Waals surface area contributed by atoms with Gasteiger partial charge in [0.15, 0.2) is 5.11 Å². The van der Waals surface area contributed by atoms with Crippen LogP contribution >= 0.6 is 35.3 Å². The Bertz CT molecular complexity index is 1180. The highest BCUT2D eigenvalue weighted by molar-refractivity contribution is 7.80. The van der Waals surface area contributed by atoms with Gasteiger partial charge in [-0.3, -0.25) is 9.78 Å². The molecule has 4 rings (SSSR count). The maximum atomic E-state index is 12.2. The number of fused-ring (bicyclic) bond motifs is 1. The predicted molar refractivity (Wildman–Crippen MR) is 125 cm³/mol. The van der Waals surface area contributed by atoms with Crippen molar-refractivity contribution in [2.45, 2.75) is 6.42 Å².